The van der Waals surface area contributed by atoms with Gasteiger partial charge in [-0.25, -0.2) is 0 Å². The summed E-state index contributed by atoms with van der Waals surface area (Å²) in [6.45, 7) is 3.00. The molecule has 17 heavy (non-hydrogen) atoms. The number of hydrogen-bond donors (Lipinski definition) is 1. The second kappa shape index (κ2) is 6.05. The molecule has 0 radical (unpaired) electrons. The van der Waals surface area contributed by atoms with Gasteiger partial charge in [0.2, 0.25) is 0 Å². The first-order valence-corrected chi connectivity index (χ1v) is 6.78. The predicted molar refractivity (Wildman–Crippen MR) is 73.8 cm³/mol. The first kappa shape index (κ1) is 13.2. The van der Waals surface area contributed by atoms with E-state index in [0.29, 0.717) is 6.04 Å². The van der Waals surface area contributed by atoms with Gasteiger partial charge in [-0.05, 0) is 38.6 Å². The largest absolute Gasteiger partial charge is 0.315 e. The molecule has 1 saturated heterocycles. The second-order valence-electron chi connectivity index (χ2n) is 4.62. The lowest BCUT2D eigenvalue weighted by Crippen LogP contribution is -2.43. The second-order valence-corrected chi connectivity index (χ2v) is 5.43. The summed E-state index contributed by atoms with van der Waals surface area (Å²) in [5, 5.41) is 4.94. The third-order valence-electron chi connectivity index (χ3n) is 3.36. The molecule has 0 amide bonds. The lowest BCUT2D eigenvalue weighted by atomic mass is 10.1. The number of halogens is 2. The van der Waals surface area contributed by atoms with E-state index in [-0.39, 0.29) is 0 Å². The standard InChI is InChI=1S/C13H18Cl2N2/c1-17(10-4-3-7-16-8-10)9-11-12(14)5-2-6-13(11)15/h2,5-6,10,16H,3-4,7-9H2,1H3/t10-/m1/s1. The minimum absolute atomic E-state index is 0.580. The summed E-state index contributed by atoms with van der Waals surface area (Å²) in [7, 11) is 2.14. The van der Waals surface area contributed by atoms with Crippen LogP contribution in [0.15, 0.2) is 18.2 Å². The Kier molecular flexibility index (Phi) is 4.69. The lowest BCUT2D eigenvalue weighted by molar-refractivity contribution is 0.196. The van der Waals surface area contributed by atoms with Crippen molar-refractivity contribution < 1.29 is 0 Å². The van der Waals surface area contributed by atoms with Gasteiger partial charge in [0, 0.05) is 34.7 Å². The molecule has 1 aromatic carbocycles. The van der Waals surface area contributed by atoms with Crippen LogP contribution in [0.3, 0.4) is 0 Å². The Morgan fingerprint density at radius 2 is 2.06 bits per heavy atom. The Morgan fingerprint density at radius 1 is 1.35 bits per heavy atom. The smallest absolute Gasteiger partial charge is 0.0465 e. The number of likely N-dealkylation sites (N-methyl/N-ethyl adjacent to an activating group) is 1. The van der Waals surface area contributed by atoms with Crippen molar-refractivity contribution in [1.82, 2.24) is 10.2 Å². The highest BCUT2D eigenvalue weighted by Crippen LogP contribution is 2.26. The molecule has 0 bridgehead atoms. The van der Waals surface area contributed by atoms with Crippen LogP contribution in [0.25, 0.3) is 0 Å². The molecule has 1 aliphatic heterocycles. The number of piperidine rings is 1. The summed E-state index contributed by atoms with van der Waals surface area (Å²) in [5.74, 6) is 0. The van der Waals surface area contributed by atoms with Crippen LogP contribution in [0.5, 0.6) is 0 Å². The van der Waals surface area contributed by atoms with E-state index in [0.717, 1.165) is 35.2 Å². The number of nitrogens with zero attached hydrogens (tertiary/aromatic N) is 1. The van der Waals surface area contributed by atoms with Crippen molar-refractivity contribution in [3.63, 3.8) is 0 Å². The average Bonchev–Trinajstić information content (AvgIpc) is 2.35. The maximum Gasteiger partial charge on any atom is 0.0465 e. The van der Waals surface area contributed by atoms with Gasteiger partial charge >= 0.3 is 0 Å². The first-order chi connectivity index (χ1) is 8.18. The molecule has 2 nitrogen and oxygen atoms in total. The van der Waals surface area contributed by atoms with Gasteiger partial charge in [0.15, 0.2) is 0 Å². The zero-order valence-corrected chi connectivity index (χ0v) is 11.6. The Morgan fingerprint density at radius 3 is 2.65 bits per heavy atom. The van der Waals surface area contributed by atoms with Crippen LogP contribution in [-0.2, 0) is 6.54 Å². The molecule has 0 saturated carbocycles. The molecule has 1 fully saturated rings. The van der Waals surface area contributed by atoms with Crippen molar-refractivity contribution in [3.05, 3.63) is 33.8 Å². The van der Waals surface area contributed by atoms with Crippen LogP contribution in [0.2, 0.25) is 10.0 Å². The minimum Gasteiger partial charge on any atom is -0.315 e. The SMILES string of the molecule is CN(Cc1c(Cl)cccc1Cl)[C@@H]1CCCNC1. The maximum atomic E-state index is 6.19. The Balaban J connectivity index is 2.04. The molecule has 1 aliphatic rings. The van der Waals surface area contributed by atoms with Gasteiger partial charge in [0.1, 0.15) is 0 Å². The summed E-state index contributed by atoms with van der Waals surface area (Å²) in [6.07, 6.45) is 2.48. The van der Waals surface area contributed by atoms with Gasteiger partial charge in [-0.15, -0.1) is 0 Å². The van der Waals surface area contributed by atoms with E-state index in [1.807, 2.05) is 18.2 Å². The van der Waals surface area contributed by atoms with Gasteiger partial charge in [0.05, 0.1) is 0 Å². The van der Waals surface area contributed by atoms with Gasteiger partial charge in [-0.3, -0.25) is 4.90 Å². The highest BCUT2D eigenvalue weighted by atomic mass is 35.5. The molecular formula is C13H18Cl2N2. The maximum absolute atomic E-state index is 6.19. The first-order valence-electron chi connectivity index (χ1n) is 6.02. The van der Waals surface area contributed by atoms with Crippen LogP contribution < -0.4 is 5.32 Å². The fourth-order valence-corrected chi connectivity index (χ4v) is 2.79. The Hall–Kier alpha value is -0.280. The van der Waals surface area contributed by atoms with E-state index in [1.165, 1.54) is 12.8 Å². The van der Waals surface area contributed by atoms with Crippen molar-refractivity contribution in [3.8, 4) is 0 Å². The number of hydrogen-bond acceptors (Lipinski definition) is 2. The highest BCUT2D eigenvalue weighted by molar-refractivity contribution is 6.35. The molecule has 0 unspecified atom stereocenters. The normalized spacial score (nSPS) is 20.8. The summed E-state index contributed by atoms with van der Waals surface area (Å²) in [6, 6.07) is 6.26. The Labute approximate surface area is 113 Å². The lowest BCUT2D eigenvalue weighted by Gasteiger charge is -2.32. The van der Waals surface area contributed by atoms with Crippen LogP contribution in [-0.4, -0.2) is 31.1 Å². The molecular weight excluding hydrogens is 255 g/mol. The molecule has 0 aromatic heterocycles. The zero-order chi connectivity index (χ0) is 12.3. The minimum atomic E-state index is 0.580. The van der Waals surface area contributed by atoms with Gasteiger partial charge in [-0.1, -0.05) is 29.3 Å². The number of nitrogens with one attached hydrogen (secondary N) is 1. The van der Waals surface area contributed by atoms with Crippen LogP contribution in [0.4, 0.5) is 0 Å². The summed E-state index contributed by atoms with van der Waals surface area (Å²) in [5.41, 5.74) is 1.03. The number of rotatable bonds is 3. The Bertz CT molecular complexity index is 355. The fraction of sp³-hybridized carbons (Fsp3) is 0.538. The third-order valence-corrected chi connectivity index (χ3v) is 4.07. The van der Waals surface area contributed by atoms with Crippen molar-refractivity contribution in [2.75, 3.05) is 20.1 Å². The molecule has 1 atom stereocenters. The van der Waals surface area contributed by atoms with Crippen molar-refractivity contribution in [2.45, 2.75) is 25.4 Å². The fourth-order valence-electron chi connectivity index (χ4n) is 2.27. The van der Waals surface area contributed by atoms with Crippen LogP contribution in [0, 0.1) is 0 Å². The van der Waals surface area contributed by atoms with E-state index in [1.54, 1.807) is 0 Å². The van der Waals surface area contributed by atoms with Crippen LogP contribution >= 0.6 is 23.2 Å². The van der Waals surface area contributed by atoms with Crippen molar-refractivity contribution in [1.29, 1.82) is 0 Å². The molecule has 0 spiro atoms. The molecule has 2 rings (SSSR count). The molecule has 1 N–H and O–H groups in total. The summed E-state index contributed by atoms with van der Waals surface area (Å²) >= 11 is 12.4. The summed E-state index contributed by atoms with van der Waals surface area (Å²) < 4.78 is 0. The topological polar surface area (TPSA) is 15.3 Å². The van der Waals surface area contributed by atoms with Crippen molar-refractivity contribution >= 4 is 23.2 Å². The van der Waals surface area contributed by atoms with Gasteiger partial charge in [-0.2, -0.15) is 0 Å². The molecule has 1 heterocycles. The molecule has 0 aliphatic carbocycles. The van der Waals surface area contributed by atoms with E-state index >= 15 is 0 Å². The van der Waals surface area contributed by atoms with Gasteiger partial charge < -0.3 is 5.32 Å². The monoisotopic (exact) mass is 272 g/mol. The predicted octanol–water partition coefficient (Wildman–Crippen LogP) is 3.18. The van der Waals surface area contributed by atoms with Crippen molar-refractivity contribution in [2.24, 2.45) is 0 Å². The molecule has 1 aromatic rings. The quantitative estimate of drug-likeness (QED) is 0.910. The van der Waals surface area contributed by atoms with E-state index in [9.17, 15) is 0 Å². The summed E-state index contributed by atoms with van der Waals surface area (Å²) in [4.78, 5) is 2.33. The number of benzene rings is 1. The average molecular weight is 273 g/mol. The highest BCUT2D eigenvalue weighted by Gasteiger charge is 2.19. The molecule has 94 valence electrons. The van der Waals surface area contributed by atoms with Crippen LogP contribution in [0.1, 0.15) is 18.4 Å². The van der Waals surface area contributed by atoms with E-state index in [2.05, 4.69) is 17.3 Å². The van der Waals surface area contributed by atoms with E-state index in [4.69, 9.17) is 23.2 Å². The van der Waals surface area contributed by atoms with Gasteiger partial charge in [0.25, 0.3) is 0 Å². The molecule has 4 heteroatoms. The zero-order valence-electron chi connectivity index (χ0n) is 10.0. The van der Waals surface area contributed by atoms with E-state index < -0.39 is 0 Å². The third kappa shape index (κ3) is 3.35.